The summed E-state index contributed by atoms with van der Waals surface area (Å²) in [4.78, 5) is 0. The van der Waals surface area contributed by atoms with Gasteiger partial charge in [-0.15, -0.1) is 0 Å². The minimum absolute atomic E-state index is 0.960. The summed E-state index contributed by atoms with van der Waals surface area (Å²) in [5, 5.41) is 0. The Balaban J connectivity index is 4.66. The molecule has 0 atom stereocenters. The average Bonchev–Trinajstić information content (AvgIpc) is 2.36. The molecule has 0 aromatic carbocycles. The molecule has 0 fully saturated rings. The van der Waals surface area contributed by atoms with Crippen LogP contribution >= 0.6 is 0 Å². The van der Waals surface area contributed by atoms with Crippen LogP contribution in [-0.2, 0) is 3.07 Å². The van der Waals surface area contributed by atoms with E-state index in [0.717, 1.165) is 51.8 Å². The standard InChI is InChI=1S/3C4H9.C2H2F3O.Sn/c3*1-3-4-2;3-2(4,5)1-6;/h3*1,3-4H2,2H3;1H2;/q;;;-1;+1. The van der Waals surface area contributed by atoms with Gasteiger partial charge in [-0.1, -0.05) is 0 Å². The first-order chi connectivity index (χ1) is 8.89. The van der Waals surface area contributed by atoms with Gasteiger partial charge in [-0.2, -0.15) is 0 Å². The third-order valence-corrected chi connectivity index (χ3v) is 16.5. The summed E-state index contributed by atoms with van der Waals surface area (Å²) >= 11 is -3.02. The quantitative estimate of drug-likeness (QED) is 0.399. The molecule has 116 valence electrons. The van der Waals surface area contributed by atoms with E-state index in [1.807, 2.05) is 0 Å². The average molecular weight is 389 g/mol. The van der Waals surface area contributed by atoms with Crippen LogP contribution in [0.2, 0.25) is 13.3 Å². The molecule has 0 heterocycles. The van der Waals surface area contributed by atoms with Crippen LogP contribution in [0.1, 0.15) is 59.3 Å². The van der Waals surface area contributed by atoms with Crippen LogP contribution in [0.25, 0.3) is 0 Å². The zero-order valence-electron chi connectivity index (χ0n) is 12.6. The first-order valence-electron chi connectivity index (χ1n) is 7.60. The predicted octanol–water partition coefficient (Wildman–Crippen LogP) is 5.91. The molecule has 0 bridgehead atoms. The van der Waals surface area contributed by atoms with Gasteiger partial charge in [0.05, 0.1) is 0 Å². The fourth-order valence-corrected chi connectivity index (χ4v) is 15.6. The fraction of sp³-hybridized carbons (Fsp3) is 1.00. The van der Waals surface area contributed by atoms with Gasteiger partial charge in [0.1, 0.15) is 0 Å². The second-order valence-corrected chi connectivity index (χ2v) is 17.3. The molecule has 19 heavy (non-hydrogen) atoms. The number of halogens is 3. The third kappa shape index (κ3) is 9.99. The minimum atomic E-state index is -4.17. The van der Waals surface area contributed by atoms with Crippen molar-refractivity contribution in [3.63, 3.8) is 0 Å². The summed E-state index contributed by atoms with van der Waals surface area (Å²) in [6.07, 6.45) is 2.06. The number of hydrogen-bond donors (Lipinski definition) is 0. The molecular weight excluding hydrogens is 360 g/mol. The Kier molecular flexibility index (Phi) is 10.6. The molecule has 0 aromatic rings. The van der Waals surface area contributed by atoms with Crippen LogP contribution < -0.4 is 0 Å². The van der Waals surface area contributed by atoms with Crippen LogP contribution in [-0.4, -0.2) is 31.6 Å². The normalized spacial score (nSPS) is 12.9. The Labute approximate surface area is 120 Å². The molecule has 1 nitrogen and oxygen atoms in total. The molecule has 0 unspecified atom stereocenters. The summed E-state index contributed by atoms with van der Waals surface area (Å²) in [6, 6.07) is 0. The van der Waals surface area contributed by atoms with Crippen molar-refractivity contribution in [2.45, 2.75) is 78.8 Å². The van der Waals surface area contributed by atoms with Crippen molar-refractivity contribution in [3.8, 4) is 0 Å². The van der Waals surface area contributed by atoms with Crippen molar-refractivity contribution in [1.82, 2.24) is 0 Å². The molecule has 0 amide bonds. The zero-order chi connectivity index (χ0) is 14.8. The summed E-state index contributed by atoms with van der Waals surface area (Å²) < 4.78 is 45.8. The Hall–Kier alpha value is 0.549. The van der Waals surface area contributed by atoms with Crippen molar-refractivity contribution in [2.24, 2.45) is 0 Å². The molecule has 5 heteroatoms. The van der Waals surface area contributed by atoms with Crippen molar-refractivity contribution in [2.75, 3.05) is 6.61 Å². The second kappa shape index (κ2) is 10.3. The maximum absolute atomic E-state index is 12.5. The van der Waals surface area contributed by atoms with Crippen LogP contribution in [0.4, 0.5) is 13.2 Å². The number of alkyl halides is 3. The molecule has 0 spiro atoms. The monoisotopic (exact) mass is 390 g/mol. The summed E-state index contributed by atoms with van der Waals surface area (Å²) in [5.74, 6) is 0. The van der Waals surface area contributed by atoms with E-state index in [2.05, 4.69) is 20.8 Å². The molecule has 0 saturated heterocycles. The van der Waals surface area contributed by atoms with Gasteiger partial charge >= 0.3 is 120 Å². The van der Waals surface area contributed by atoms with E-state index in [4.69, 9.17) is 3.07 Å². The van der Waals surface area contributed by atoms with E-state index >= 15 is 0 Å². The van der Waals surface area contributed by atoms with E-state index in [0.29, 0.717) is 0 Å². The predicted molar refractivity (Wildman–Crippen MR) is 76.9 cm³/mol. The van der Waals surface area contributed by atoms with Crippen LogP contribution in [0.15, 0.2) is 0 Å². The van der Waals surface area contributed by atoms with Crippen molar-refractivity contribution in [1.29, 1.82) is 0 Å². The van der Waals surface area contributed by atoms with Crippen LogP contribution in [0.5, 0.6) is 0 Å². The van der Waals surface area contributed by atoms with Gasteiger partial charge in [0.2, 0.25) is 0 Å². The Morgan fingerprint density at radius 3 is 1.42 bits per heavy atom. The van der Waals surface area contributed by atoms with Crippen molar-refractivity contribution in [3.05, 3.63) is 0 Å². The molecule has 0 N–H and O–H groups in total. The number of rotatable bonds is 11. The molecule has 0 radical (unpaired) electrons. The van der Waals surface area contributed by atoms with Gasteiger partial charge < -0.3 is 0 Å². The van der Waals surface area contributed by atoms with Crippen molar-refractivity contribution < 1.29 is 16.2 Å². The van der Waals surface area contributed by atoms with Gasteiger partial charge in [0.25, 0.3) is 0 Å². The molecule has 0 aliphatic rings. The number of hydrogen-bond acceptors (Lipinski definition) is 1. The van der Waals surface area contributed by atoms with Gasteiger partial charge in [-0.25, -0.2) is 0 Å². The summed E-state index contributed by atoms with van der Waals surface area (Å²) in [6.45, 7) is 5.28. The van der Waals surface area contributed by atoms with E-state index in [-0.39, 0.29) is 0 Å². The maximum atomic E-state index is 12.5. The first kappa shape index (κ1) is 19.5. The van der Waals surface area contributed by atoms with E-state index in [1.54, 1.807) is 0 Å². The molecule has 0 rings (SSSR count). The summed E-state index contributed by atoms with van der Waals surface area (Å²) in [7, 11) is 0. The summed E-state index contributed by atoms with van der Waals surface area (Å²) in [5.41, 5.74) is 0. The van der Waals surface area contributed by atoms with Gasteiger partial charge in [-0.3, -0.25) is 0 Å². The van der Waals surface area contributed by atoms with Crippen LogP contribution in [0.3, 0.4) is 0 Å². The first-order valence-corrected chi connectivity index (χ1v) is 14.8. The zero-order valence-corrected chi connectivity index (χ0v) is 15.5. The second-order valence-electron chi connectivity index (χ2n) is 5.40. The van der Waals surface area contributed by atoms with E-state index in [1.165, 1.54) is 0 Å². The SMILES string of the molecule is CCC[CH2][Sn]([CH2]CCC)([CH2]CCC)[O]CC(F)(F)F. The molecule has 0 aromatic heterocycles. The molecule has 0 aliphatic carbocycles. The van der Waals surface area contributed by atoms with Crippen molar-refractivity contribution >= 4 is 18.8 Å². The van der Waals surface area contributed by atoms with E-state index < -0.39 is 31.6 Å². The Morgan fingerprint density at radius 1 is 0.789 bits per heavy atom. The third-order valence-electron chi connectivity index (χ3n) is 3.50. The molecular formula is C14H29F3OSn. The topological polar surface area (TPSA) is 9.23 Å². The number of unbranched alkanes of at least 4 members (excludes halogenated alkanes) is 3. The molecule has 0 saturated carbocycles. The van der Waals surface area contributed by atoms with E-state index in [9.17, 15) is 13.2 Å². The molecule has 0 aliphatic heterocycles. The fourth-order valence-electron chi connectivity index (χ4n) is 2.32. The Bertz CT molecular complexity index is 197. The van der Waals surface area contributed by atoms with Gasteiger partial charge in [0, 0.05) is 0 Å². The van der Waals surface area contributed by atoms with Gasteiger partial charge in [0.15, 0.2) is 0 Å². The Morgan fingerprint density at radius 2 is 1.16 bits per heavy atom. The van der Waals surface area contributed by atoms with Crippen LogP contribution in [0, 0.1) is 0 Å². The van der Waals surface area contributed by atoms with Gasteiger partial charge in [-0.05, 0) is 0 Å².